The van der Waals surface area contributed by atoms with Crippen LogP contribution in [0.2, 0.25) is 5.02 Å². The minimum absolute atomic E-state index is 0.104. The third-order valence-electron chi connectivity index (χ3n) is 3.99. The number of nitrogens with one attached hydrogen (secondary N) is 1. The van der Waals surface area contributed by atoms with Crippen molar-refractivity contribution < 1.29 is 9.53 Å². The van der Waals surface area contributed by atoms with Gasteiger partial charge in [0.1, 0.15) is 21.7 Å². The molecule has 1 aromatic carbocycles. The van der Waals surface area contributed by atoms with Crippen LogP contribution in [-0.4, -0.2) is 33.1 Å². The molecule has 3 rings (SSSR count). The van der Waals surface area contributed by atoms with Crippen LogP contribution in [0.1, 0.15) is 45.5 Å². The van der Waals surface area contributed by atoms with Gasteiger partial charge in [-0.25, -0.2) is 9.78 Å². The molecule has 2 heterocycles. The number of hydrogen-bond donors (Lipinski definition) is 1. The summed E-state index contributed by atoms with van der Waals surface area (Å²) < 4.78 is 6.32. The monoisotopic (exact) mass is 425 g/mol. The average Bonchev–Trinajstić information content (AvgIpc) is 3.13. The predicted molar refractivity (Wildman–Crippen MR) is 102 cm³/mol. The van der Waals surface area contributed by atoms with E-state index < -0.39 is 5.60 Å². The van der Waals surface area contributed by atoms with E-state index in [1.807, 2.05) is 45.0 Å². The Kier molecular flexibility index (Phi) is 5.11. The van der Waals surface area contributed by atoms with Crippen molar-refractivity contribution in [3.8, 4) is 11.3 Å². The first-order valence-electron chi connectivity index (χ1n) is 8.25. The number of carbonyl (C=O) groups excluding carboxylic acids is 1. The Morgan fingerprint density at radius 2 is 2.04 bits per heavy atom. The maximum atomic E-state index is 12.5. The van der Waals surface area contributed by atoms with E-state index in [0.29, 0.717) is 11.6 Å². The van der Waals surface area contributed by atoms with E-state index in [1.165, 1.54) is 0 Å². The van der Waals surface area contributed by atoms with E-state index in [0.717, 1.165) is 34.5 Å². The molecule has 134 valence electrons. The van der Waals surface area contributed by atoms with Crippen LogP contribution >= 0.6 is 27.5 Å². The van der Waals surface area contributed by atoms with E-state index in [-0.39, 0.29) is 12.1 Å². The number of halogens is 2. The van der Waals surface area contributed by atoms with Gasteiger partial charge in [0.15, 0.2) is 0 Å². The molecule has 1 aromatic heterocycles. The molecule has 5 nitrogen and oxygen atoms in total. The van der Waals surface area contributed by atoms with Gasteiger partial charge in [-0.3, -0.25) is 4.90 Å². The minimum Gasteiger partial charge on any atom is -0.444 e. The standard InChI is InChI=1S/C18H21BrClN3O2/c1-18(2,3)25-17(24)23-10-4-5-13(23)16-21-14(15(19)22-16)11-6-8-12(20)9-7-11/h6-9,13H,4-5,10H2,1-3H3,(H,21,22). The number of benzene rings is 1. The number of H-pyrrole nitrogens is 1. The molecule has 1 saturated heterocycles. The van der Waals surface area contributed by atoms with Crippen molar-refractivity contribution in [3.05, 3.63) is 39.7 Å². The second-order valence-corrected chi connectivity index (χ2v) is 8.35. The van der Waals surface area contributed by atoms with Crippen molar-refractivity contribution in [2.75, 3.05) is 6.54 Å². The zero-order valence-electron chi connectivity index (χ0n) is 14.5. The molecule has 25 heavy (non-hydrogen) atoms. The van der Waals surface area contributed by atoms with Crippen molar-refractivity contribution in [2.45, 2.75) is 45.3 Å². The van der Waals surface area contributed by atoms with Gasteiger partial charge in [-0.15, -0.1) is 0 Å². The van der Waals surface area contributed by atoms with Crippen LogP contribution in [0.5, 0.6) is 0 Å². The number of rotatable bonds is 2. The van der Waals surface area contributed by atoms with Crippen LogP contribution in [0.4, 0.5) is 4.79 Å². The van der Waals surface area contributed by atoms with Crippen molar-refractivity contribution >= 4 is 33.6 Å². The lowest BCUT2D eigenvalue weighted by Crippen LogP contribution is -2.36. The molecule has 0 radical (unpaired) electrons. The molecule has 1 aliphatic heterocycles. The van der Waals surface area contributed by atoms with Gasteiger partial charge >= 0.3 is 6.09 Å². The maximum absolute atomic E-state index is 12.5. The molecular formula is C18H21BrClN3O2. The second-order valence-electron chi connectivity index (χ2n) is 7.12. The highest BCUT2D eigenvalue weighted by atomic mass is 79.9. The Labute approximate surface area is 160 Å². The summed E-state index contributed by atoms with van der Waals surface area (Å²) in [5.74, 6) is 0.764. The van der Waals surface area contributed by atoms with E-state index in [1.54, 1.807) is 4.90 Å². The third-order valence-corrected chi connectivity index (χ3v) is 4.82. The summed E-state index contributed by atoms with van der Waals surface area (Å²) in [5.41, 5.74) is 1.26. The van der Waals surface area contributed by atoms with Crippen LogP contribution in [0, 0.1) is 0 Å². The Bertz CT molecular complexity index is 768. The van der Waals surface area contributed by atoms with Gasteiger partial charge in [-0.05, 0) is 61.7 Å². The van der Waals surface area contributed by atoms with Crippen LogP contribution in [0.15, 0.2) is 28.9 Å². The number of ether oxygens (including phenoxy) is 1. The first-order chi connectivity index (χ1) is 11.7. The molecule has 7 heteroatoms. The van der Waals surface area contributed by atoms with Gasteiger partial charge in [-0.1, -0.05) is 23.7 Å². The van der Waals surface area contributed by atoms with Crippen LogP contribution in [0.25, 0.3) is 11.3 Å². The number of aromatic nitrogens is 2. The average molecular weight is 427 g/mol. The minimum atomic E-state index is -0.511. The summed E-state index contributed by atoms with van der Waals surface area (Å²) in [5, 5.41) is 0.683. The number of nitrogens with zero attached hydrogens (tertiary/aromatic N) is 2. The van der Waals surface area contributed by atoms with Crippen LogP contribution < -0.4 is 0 Å². The van der Waals surface area contributed by atoms with E-state index in [4.69, 9.17) is 21.3 Å². The number of amides is 1. The first-order valence-corrected chi connectivity index (χ1v) is 9.42. The lowest BCUT2D eigenvalue weighted by atomic mass is 10.2. The molecular weight excluding hydrogens is 406 g/mol. The zero-order chi connectivity index (χ0) is 18.2. The highest BCUT2D eigenvalue weighted by Crippen LogP contribution is 2.35. The molecule has 1 atom stereocenters. The predicted octanol–water partition coefficient (Wildman–Crippen LogP) is 5.56. The first kappa shape index (κ1) is 18.3. The molecule has 1 unspecified atom stereocenters. The molecule has 1 amide bonds. The van der Waals surface area contributed by atoms with E-state index in [9.17, 15) is 4.79 Å². The smallest absolute Gasteiger partial charge is 0.410 e. The topological polar surface area (TPSA) is 58.2 Å². The van der Waals surface area contributed by atoms with Gasteiger partial charge in [0.25, 0.3) is 0 Å². The molecule has 1 N–H and O–H groups in total. The summed E-state index contributed by atoms with van der Waals surface area (Å²) >= 11 is 9.50. The van der Waals surface area contributed by atoms with Crippen LogP contribution in [0.3, 0.4) is 0 Å². The zero-order valence-corrected chi connectivity index (χ0v) is 16.8. The molecule has 0 saturated carbocycles. The van der Waals surface area contributed by atoms with Gasteiger partial charge in [0.2, 0.25) is 0 Å². The van der Waals surface area contributed by atoms with Crippen molar-refractivity contribution in [2.24, 2.45) is 0 Å². The summed E-state index contributed by atoms with van der Waals surface area (Å²) in [7, 11) is 0. The van der Waals surface area contributed by atoms with E-state index in [2.05, 4.69) is 20.9 Å². The Morgan fingerprint density at radius 1 is 1.36 bits per heavy atom. The molecule has 1 aliphatic rings. The molecule has 0 bridgehead atoms. The number of imidazole rings is 1. The molecule has 0 spiro atoms. The van der Waals surface area contributed by atoms with E-state index >= 15 is 0 Å². The lowest BCUT2D eigenvalue weighted by molar-refractivity contribution is 0.0218. The van der Waals surface area contributed by atoms with Crippen molar-refractivity contribution in [1.82, 2.24) is 14.9 Å². The second kappa shape index (κ2) is 7.00. The number of carbonyl (C=O) groups is 1. The summed E-state index contributed by atoms with van der Waals surface area (Å²) in [6, 6.07) is 7.41. The fourth-order valence-electron chi connectivity index (χ4n) is 2.92. The van der Waals surface area contributed by atoms with Gasteiger partial charge in [-0.2, -0.15) is 0 Å². The van der Waals surface area contributed by atoms with Crippen molar-refractivity contribution in [3.63, 3.8) is 0 Å². The number of likely N-dealkylation sites (tertiary alicyclic amines) is 1. The quantitative estimate of drug-likeness (QED) is 0.683. The van der Waals surface area contributed by atoms with Crippen LogP contribution in [-0.2, 0) is 4.74 Å². The highest BCUT2D eigenvalue weighted by molar-refractivity contribution is 9.10. The maximum Gasteiger partial charge on any atom is 0.410 e. The lowest BCUT2D eigenvalue weighted by Gasteiger charge is -2.27. The molecule has 2 aromatic rings. The van der Waals surface area contributed by atoms with Gasteiger partial charge < -0.3 is 9.72 Å². The number of hydrogen-bond acceptors (Lipinski definition) is 3. The fraction of sp³-hybridized carbons (Fsp3) is 0.444. The summed E-state index contributed by atoms with van der Waals surface area (Å²) in [6.45, 7) is 6.29. The molecule has 1 fully saturated rings. The highest BCUT2D eigenvalue weighted by Gasteiger charge is 2.35. The largest absolute Gasteiger partial charge is 0.444 e. The Morgan fingerprint density at radius 3 is 2.68 bits per heavy atom. The van der Waals surface area contributed by atoms with Gasteiger partial charge in [0.05, 0.1) is 6.04 Å². The molecule has 0 aliphatic carbocycles. The SMILES string of the molecule is CC(C)(C)OC(=O)N1CCCC1c1nc(-c2ccc(Cl)cc2)c(Br)[nH]1. The Balaban J connectivity index is 1.85. The Hall–Kier alpha value is -1.53. The third kappa shape index (κ3) is 4.18. The summed E-state index contributed by atoms with van der Waals surface area (Å²) in [4.78, 5) is 22.2. The van der Waals surface area contributed by atoms with Gasteiger partial charge in [0, 0.05) is 17.1 Å². The number of aromatic amines is 1. The van der Waals surface area contributed by atoms with Crippen molar-refractivity contribution in [1.29, 1.82) is 0 Å². The summed E-state index contributed by atoms with van der Waals surface area (Å²) in [6.07, 6.45) is 1.49. The fourth-order valence-corrected chi connectivity index (χ4v) is 3.56. The normalized spacial score (nSPS) is 17.8.